The van der Waals surface area contributed by atoms with Crippen LogP contribution in [0, 0.1) is 0 Å². The number of guanidine groups is 1. The molecule has 1 aromatic rings. The van der Waals surface area contributed by atoms with Gasteiger partial charge in [0.15, 0.2) is 11.1 Å². The van der Waals surface area contributed by atoms with Gasteiger partial charge in [-0.3, -0.25) is 4.99 Å². The zero-order valence-corrected chi connectivity index (χ0v) is 17.9. The van der Waals surface area contributed by atoms with Gasteiger partial charge in [-0.25, -0.2) is 4.98 Å². The lowest BCUT2D eigenvalue weighted by Crippen LogP contribution is -2.44. The van der Waals surface area contributed by atoms with Crippen LogP contribution in [-0.2, 0) is 16.0 Å². The highest BCUT2D eigenvalue weighted by Gasteiger charge is 2.17. The highest BCUT2D eigenvalue weighted by atomic mass is 127. The number of nitrogens with zero attached hydrogens (tertiary/aromatic N) is 3. The molecule has 0 amide bonds. The Bertz CT molecular complexity index is 506. The van der Waals surface area contributed by atoms with Crippen LogP contribution in [-0.4, -0.2) is 64.1 Å². The van der Waals surface area contributed by atoms with E-state index in [0.29, 0.717) is 19.8 Å². The van der Waals surface area contributed by atoms with Crippen LogP contribution in [0.25, 0.3) is 0 Å². The van der Waals surface area contributed by atoms with Crippen LogP contribution >= 0.6 is 35.3 Å². The zero-order valence-electron chi connectivity index (χ0n) is 14.7. The molecular weight excluding hydrogens is 441 g/mol. The van der Waals surface area contributed by atoms with Crippen molar-refractivity contribution >= 4 is 46.4 Å². The number of hydrogen-bond donors (Lipinski definition) is 2. The Morgan fingerprint density at radius 2 is 2.38 bits per heavy atom. The maximum Gasteiger partial charge on any atom is 0.191 e. The Balaban J connectivity index is 0.00000288. The van der Waals surface area contributed by atoms with E-state index in [2.05, 4.69) is 32.9 Å². The predicted molar refractivity (Wildman–Crippen MR) is 110 cm³/mol. The van der Waals surface area contributed by atoms with Gasteiger partial charge in [-0.05, 0) is 13.3 Å². The molecule has 2 rings (SSSR count). The van der Waals surface area contributed by atoms with Crippen LogP contribution in [0.3, 0.4) is 0 Å². The van der Waals surface area contributed by atoms with Crippen molar-refractivity contribution < 1.29 is 9.47 Å². The zero-order chi connectivity index (χ0) is 16.7. The molecule has 7 nitrogen and oxygen atoms in total. The molecule has 2 unspecified atom stereocenters. The normalized spacial score (nSPS) is 18.8. The summed E-state index contributed by atoms with van der Waals surface area (Å²) in [6, 6.07) is 0.176. The van der Waals surface area contributed by atoms with Gasteiger partial charge >= 0.3 is 0 Å². The van der Waals surface area contributed by atoms with Crippen molar-refractivity contribution in [3.8, 4) is 0 Å². The lowest BCUT2D eigenvalue weighted by atomic mass is 10.3. The molecule has 138 valence electrons. The first-order chi connectivity index (χ1) is 11.1. The average molecular weight is 469 g/mol. The molecule has 0 radical (unpaired) electrons. The lowest BCUT2D eigenvalue weighted by molar-refractivity contribution is 0.0347. The fraction of sp³-hybridized carbons (Fsp3) is 0.733. The third kappa shape index (κ3) is 7.08. The molecule has 0 bridgehead atoms. The number of halogens is 1. The largest absolute Gasteiger partial charge is 0.379 e. The van der Waals surface area contributed by atoms with E-state index in [4.69, 9.17) is 9.47 Å². The fourth-order valence-electron chi connectivity index (χ4n) is 2.15. The van der Waals surface area contributed by atoms with E-state index in [1.165, 1.54) is 0 Å². The Morgan fingerprint density at radius 3 is 2.96 bits per heavy atom. The Morgan fingerprint density at radius 1 is 1.58 bits per heavy atom. The van der Waals surface area contributed by atoms with E-state index in [1.807, 2.05) is 19.0 Å². The molecule has 1 fully saturated rings. The lowest BCUT2D eigenvalue weighted by Gasteiger charge is -2.19. The molecule has 0 aliphatic carbocycles. The second-order valence-electron chi connectivity index (χ2n) is 5.81. The highest BCUT2D eigenvalue weighted by molar-refractivity contribution is 14.0. The second-order valence-corrected chi connectivity index (χ2v) is 6.64. The molecule has 0 saturated carbocycles. The van der Waals surface area contributed by atoms with Gasteiger partial charge in [-0.1, -0.05) is 0 Å². The summed E-state index contributed by atoms with van der Waals surface area (Å²) in [7, 11) is 5.75. The van der Waals surface area contributed by atoms with Crippen molar-refractivity contribution in [1.82, 2.24) is 15.6 Å². The smallest absolute Gasteiger partial charge is 0.191 e. The number of aliphatic imine (C=N–C) groups is 1. The maximum atomic E-state index is 5.82. The van der Waals surface area contributed by atoms with Gasteiger partial charge in [0.2, 0.25) is 0 Å². The Kier molecular flexibility index (Phi) is 9.86. The molecule has 2 N–H and O–H groups in total. The first-order valence-corrected chi connectivity index (χ1v) is 8.74. The van der Waals surface area contributed by atoms with Crippen molar-refractivity contribution in [2.75, 3.05) is 45.9 Å². The van der Waals surface area contributed by atoms with E-state index < -0.39 is 0 Å². The molecule has 2 heterocycles. The van der Waals surface area contributed by atoms with E-state index >= 15 is 0 Å². The van der Waals surface area contributed by atoms with Gasteiger partial charge in [0.1, 0.15) is 0 Å². The predicted octanol–water partition coefficient (Wildman–Crippen LogP) is 1.69. The minimum absolute atomic E-state index is 0. The molecule has 0 aromatic carbocycles. The van der Waals surface area contributed by atoms with Crippen molar-refractivity contribution in [3.05, 3.63) is 11.1 Å². The summed E-state index contributed by atoms with van der Waals surface area (Å²) in [6.07, 6.45) is 1.21. The van der Waals surface area contributed by atoms with Crippen LogP contribution < -0.4 is 15.5 Å². The fourth-order valence-corrected chi connectivity index (χ4v) is 2.91. The quantitative estimate of drug-likeness (QED) is 0.360. The molecule has 1 aliphatic heterocycles. The summed E-state index contributed by atoms with van der Waals surface area (Å²) in [5.41, 5.74) is 1.01. The van der Waals surface area contributed by atoms with E-state index in [9.17, 15) is 0 Å². The second kappa shape index (κ2) is 11.1. The SMILES string of the molecule is CN=C(NCc1csc(N(C)C)n1)NC(C)COC1CCOC1.I. The van der Waals surface area contributed by atoms with Gasteiger partial charge in [-0.2, -0.15) is 0 Å². The molecule has 1 saturated heterocycles. The van der Waals surface area contributed by atoms with Gasteiger partial charge in [0, 0.05) is 39.2 Å². The molecule has 9 heteroatoms. The maximum absolute atomic E-state index is 5.82. The minimum atomic E-state index is 0. The molecule has 2 atom stereocenters. The summed E-state index contributed by atoms with van der Waals surface area (Å²) < 4.78 is 11.1. The average Bonchev–Trinajstić information content (AvgIpc) is 3.20. The number of aromatic nitrogens is 1. The van der Waals surface area contributed by atoms with Crippen LogP contribution in [0.4, 0.5) is 5.13 Å². The van der Waals surface area contributed by atoms with Gasteiger partial charge < -0.3 is 25.0 Å². The van der Waals surface area contributed by atoms with Crippen LogP contribution in [0.15, 0.2) is 10.4 Å². The number of anilines is 1. The minimum Gasteiger partial charge on any atom is -0.379 e. The summed E-state index contributed by atoms with van der Waals surface area (Å²) in [5.74, 6) is 0.753. The standard InChI is InChI=1S/C15H27N5O2S.HI/c1-11(8-22-13-5-6-21-9-13)18-14(16-2)17-7-12-10-23-15(19-12)20(3)4;/h10-11,13H,5-9H2,1-4H3,(H2,16,17,18);1H. The van der Waals surface area contributed by atoms with Crippen LogP contribution in [0.2, 0.25) is 0 Å². The highest BCUT2D eigenvalue weighted by Crippen LogP contribution is 2.17. The van der Waals surface area contributed by atoms with Gasteiger partial charge in [0.25, 0.3) is 0 Å². The first kappa shape index (κ1) is 21.4. The van der Waals surface area contributed by atoms with Crippen LogP contribution in [0.1, 0.15) is 19.0 Å². The molecular formula is C15H28IN5O2S. The van der Waals surface area contributed by atoms with Crippen molar-refractivity contribution in [2.45, 2.75) is 32.0 Å². The number of nitrogens with one attached hydrogen (secondary N) is 2. The third-order valence-electron chi connectivity index (χ3n) is 3.44. The van der Waals surface area contributed by atoms with Gasteiger partial charge in [-0.15, -0.1) is 35.3 Å². The van der Waals surface area contributed by atoms with E-state index in [1.54, 1.807) is 18.4 Å². The molecule has 0 spiro atoms. The topological polar surface area (TPSA) is 71.0 Å². The summed E-state index contributed by atoms with van der Waals surface area (Å²) in [5, 5.41) is 9.67. The monoisotopic (exact) mass is 469 g/mol. The van der Waals surface area contributed by atoms with E-state index in [-0.39, 0.29) is 36.1 Å². The Hall–Kier alpha value is -0.650. The number of rotatable bonds is 7. The van der Waals surface area contributed by atoms with Crippen molar-refractivity contribution in [2.24, 2.45) is 4.99 Å². The van der Waals surface area contributed by atoms with Gasteiger partial charge in [0.05, 0.1) is 31.6 Å². The molecule has 1 aliphatic rings. The van der Waals surface area contributed by atoms with Crippen molar-refractivity contribution in [1.29, 1.82) is 0 Å². The third-order valence-corrected chi connectivity index (χ3v) is 4.49. The van der Waals surface area contributed by atoms with Crippen LogP contribution in [0.5, 0.6) is 0 Å². The number of ether oxygens (including phenoxy) is 2. The number of thiazole rings is 1. The molecule has 1 aromatic heterocycles. The summed E-state index contributed by atoms with van der Waals surface area (Å²) >= 11 is 1.64. The number of hydrogen-bond acceptors (Lipinski definition) is 6. The first-order valence-electron chi connectivity index (χ1n) is 7.86. The summed E-state index contributed by atoms with van der Waals surface area (Å²) in [4.78, 5) is 10.8. The van der Waals surface area contributed by atoms with E-state index in [0.717, 1.165) is 29.8 Å². The van der Waals surface area contributed by atoms with Crippen molar-refractivity contribution in [3.63, 3.8) is 0 Å². The molecule has 24 heavy (non-hydrogen) atoms. The Labute approximate surface area is 165 Å². The summed E-state index contributed by atoms with van der Waals surface area (Å²) in [6.45, 7) is 4.87.